The summed E-state index contributed by atoms with van der Waals surface area (Å²) in [5, 5.41) is 7.20. The predicted octanol–water partition coefficient (Wildman–Crippen LogP) is 3.59. The van der Waals surface area contributed by atoms with Crippen molar-refractivity contribution in [3.05, 3.63) is 39.8 Å². The van der Waals surface area contributed by atoms with Gasteiger partial charge in [-0.05, 0) is 48.7 Å². The predicted molar refractivity (Wildman–Crippen MR) is 65.8 cm³/mol. The average Bonchev–Trinajstić information content (AvgIpc) is 2.22. The Morgan fingerprint density at radius 1 is 1.00 bits per heavy atom. The number of hydrogen-bond donors (Lipinski definition) is 0. The van der Waals surface area contributed by atoms with Crippen molar-refractivity contribution >= 4 is 23.2 Å². The van der Waals surface area contributed by atoms with E-state index in [4.69, 9.17) is 27.9 Å². The van der Waals surface area contributed by atoms with Gasteiger partial charge in [-0.1, -0.05) is 17.7 Å². The van der Waals surface area contributed by atoms with Gasteiger partial charge in [-0.25, -0.2) is 0 Å². The fraction of sp³-hybridized carbons (Fsp3) is 0.182. The third-order valence-corrected chi connectivity index (χ3v) is 2.40. The van der Waals surface area contributed by atoms with Crippen LogP contribution < -0.4 is 4.74 Å². The summed E-state index contributed by atoms with van der Waals surface area (Å²) in [6.07, 6.45) is 0. The maximum absolute atomic E-state index is 5.81. The molecule has 1 heterocycles. The van der Waals surface area contributed by atoms with Crippen molar-refractivity contribution in [3.63, 3.8) is 0 Å². The lowest BCUT2D eigenvalue weighted by molar-refractivity contribution is 0.457. The molecule has 0 aliphatic heterocycles. The van der Waals surface area contributed by atoms with E-state index < -0.39 is 0 Å². The summed E-state index contributed by atoms with van der Waals surface area (Å²) < 4.78 is 5.52. The summed E-state index contributed by atoms with van der Waals surface area (Å²) in [5.41, 5.74) is 2.17. The highest BCUT2D eigenvalue weighted by molar-refractivity contribution is 6.31. The minimum Gasteiger partial charge on any atom is -0.436 e. The minimum absolute atomic E-state index is 0.00576. The fourth-order valence-electron chi connectivity index (χ4n) is 1.45. The quantitative estimate of drug-likeness (QED) is 0.836. The highest BCUT2D eigenvalue weighted by Gasteiger charge is 2.09. The first-order chi connectivity index (χ1) is 8.04. The molecule has 0 saturated carbocycles. The first-order valence-corrected chi connectivity index (χ1v) is 5.62. The molecule has 0 saturated heterocycles. The van der Waals surface area contributed by atoms with Crippen LogP contribution in [0.4, 0.5) is 0 Å². The molecule has 0 radical (unpaired) electrons. The van der Waals surface area contributed by atoms with Gasteiger partial charge in [0.15, 0.2) is 0 Å². The number of hydrogen-bond acceptors (Lipinski definition) is 4. The van der Waals surface area contributed by atoms with Gasteiger partial charge in [-0.3, -0.25) is 0 Å². The van der Waals surface area contributed by atoms with Crippen molar-refractivity contribution in [2.75, 3.05) is 0 Å². The second kappa shape index (κ2) is 4.85. The Morgan fingerprint density at radius 3 is 2.29 bits per heavy atom. The Bertz CT molecular complexity index is 540. The van der Waals surface area contributed by atoms with Gasteiger partial charge in [0, 0.05) is 0 Å². The first-order valence-electron chi connectivity index (χ1n) is 4.86. The Morgan fingerprint density at radius 2 is 1.65 bits per heavy atom. The molecule has 0 amide bonds. The lowest BCUT2D eigenvalue weighted by atomic mass is 10.1. The van der Waals surface area contributed by atoms with E-state index in [1.807, 2.05) is 32.0 Å². The van der Waals surface area contributed by atoms with Crippen molar-refractivity contribution in [1.82, 2.24) is 15.2 Å². The molecule has 6 heteroatoms. The van der Waals surface area contributed by atoms with Gasteiger partial charge in [0.05, 0.1) is 0 Å². The van der Waals surface area contributed by atoms with Gasteiger partial charge in [-0.2, -0.15) is 4.98 Å². The molecule has 1 aromatic heterocycles. The largest absolute Gasteiger partial charge is 0.436 e. The van der Waals surface area contributed by atoms with E-state index in [0.717, 1.165) is 11.1 Å². The number of aromatic nitrogens is 3. The molecular formula is C11H9Cl2N3O. The highest BCUT2D eigenvalue weighted by atomic mass is 35.5. The van der Waals surface area contributed by atoms with Crippen LogP contribution in [0.15, 0.2) is 18.2 Å². The van der Waals surface area contributed by atoms with Crippen molar-refractivity contribution in [2.45, 2.75) is 13.8 Å². The Hall–Kier alpha value is -1.39. The van der Waals surface area contributed by atoms with Crippen LogP contribution in [-0.2, 0) is 0 Å². The standard InChI is InChI=1S/C11H9Cl2N3O/c1-6-3-7(2)5-8(4-6)17-10-9(12)15-16-11(13)14-10/h3-5H,1-2H3. The van der Waals surface area contributed by atoms with Crippen LogP contribution >= 0.6 is 23.2 Å². The highest BCUT2D eigenvalue weighted by Crippen LogP contribution is 2.27. The summed E-state index contributed by atoms with van der Waals surface area (Å²) in [7, 11) is 0. The molecule has 88 valence electrons. The zero-order chi connectivity index (χ0) is 12.4. The number of benzene rings is 1. The molecule has 0 aliphatic rings. The minimum atomic E-state index is -0.00576. The number of ether oxygens (including phenoxy) is 1. The zero-order valence-corrected chi connectivity index (χ0v) is 10.7. The van der Waals surface area contributed by atoms with Crippen LogP contribution in [0, 0.1) is 13.8 Å². The van der Waals surface area contributed by atoms with E-state index in [0.29, 0.717) is 5.75 Å². The average molecular weight is 270 g/mol. The summed E-state index contributed by atoms with van der Waals surface area (Å²) in [6, 6.07) is 5.79. The molecule has 0 atom stereocenters. The molecule has 0 unspecified atom stereocenters. The molecule has 2 rings (SSSR count). The first kappa shape index (κ1) is 12.1. The molecule has 0 fully saturated rings. The van der Waals surface area contributed by atoms with Crippen LogP contribution in [0.1, 0.15) is 11.1 Å². The number of nitrogens with zero attached hydrogens (tertiary/aromatic N) is 3. The maximum Gasteiger partial charge on any atom is 0.262 e. The lowest BCUT2D eigenvalue weighted by Gasteiger charge is -2.07. The normalized spacial score (nSPS) is 10.4. The van der Waals surface area contributed by atoms with E-state index in [9.17, 15) is 0 Å². The topological polar surface area (TPSA) is 47.9 Å². The Kier molecular flexibility index (Phi) is 3.45. The van der Waals surface area contributed by atoms with Crippen molar-refractivity contribution < 1.29 is 4.74 Å². The van der Waals surface area contributed by atoms with Crippen LogP contribution in [-0.4, -0.2) is 15.2 Å². The summed E-state index contributed by atoms with van der Waals surface area (Å²) in [6.45, 7) is 3.96. The van der Waals surface area contributed by atoms with Crippen molar-refractivity contribution in [2.24, 2.45) is 0 Å². The number of rotatable bonds is 2. The fourth-order valence-corrected chi connectivity index (χ4v) is 1.68. The zero-order valence-electron chi connectivity index (χ0n) is 9.24. The van der Waals surface area contributed by atoms with Gasteiger partial charge < -0.3 is 4.74 Å². The van der Waals surface area contributed by atoms with Crippen LogP contribution in [0.2, 0.25) is 10.4 Å². The Balaban J connectivity index is 2.34. The van der Waals surface area contributed by atoms with Crippen LogP contribution in [0.25, 0.3) is 0 Å². The second-order valence-corrected chi connectivity index (χ2v) is 4.30. The SMILES string of the molecule is Cc1cc(C)cc(Oc2nc(Cl)nnc2Cl)c1. The monoisotopic (exact) mass is 269 g/mol. The van der Waals surface area contributed by atoms with Gasteiger partial charge in [0.2, 0.25) is 10.4 Å². The number of halogens is 2. The summed E-state index contributed by atoms with van der Waals surface area (Å²) in [5.74, 6) is 0.789. The van der Waals surface area contributed by atoms with Gasteiger partial charge >= 0.3 is 0 Å². The van der Waals surface area contributed by atoms with E-state index >= 15 is 0 Å². The second-order valence-electron chi connectivity index (χ2n) is 3.60. The molecule has 0 N–H and O–H groups in total. The smallest absolute Gasteiger partial charge is 0.262 e. The molecule has 0 bridgehead atoms. The summed E-state index contributed by atoms with van der Waals surface area (Å²) >= 11 is 11.4. The molecule has 17 heavy (non-hydrogen) atoms. The molecular weight excluding hydrogens is 261 g/mol. The molecule has 0 spiro atoms. The van der Waals surface area contributed by atoms with E-state index in [-0.39, 0.29) is 16.3 Å². The Labute approximate surface area is 109 Å². The van der Waals surface area contributed by atoms with E-state index in [1.54, 1.807) is 0 Å². The lowest BCUT2D eigenvalue weighted by Crippen LogP contribution is -1.95. The molecule has 0 aliphatic carbocycles. The van der Waals surface area contributed by atoms with Crippen LogP contribution in [0.5, 0.6) is 11.6 Å². The third-order valence-electron chi connectivity index (χ3n) is 2.00. The van der Waals surface area contributed by atoms with Gasteiger partial charge in [-0.15, -0.1) is 10.2 Å². The molecule has 1 aromatic carbocycles. The molecule has 2 aromatic rings. The van der Waals surface area contributed by atoms with Crippen LogP contribution in [0.3, 0.4) is 0 Å². The van der Waals surface area contributed by atoms with E-state index in [2.05, 4.69) is 15.2 Å². The van der Waals surface area contributed by atoms with E-state index in [1.165, 1.54) is 0 Å². The molecule has 4 nitrogen and oxygen atoms in total. The third kappa shape index (κ3) is 3.05. The van der Waals surface area contributed by atoms with Crippen molar-refractivity contribution in [1.29, 1.82) is 0 Å². The maximum atomic E-state index is 5.81. The number of aryl methyl sites for hydroxylation is 2. The van der Waals surface area contributed by atoms with Crippen molar-refractivity contribution in [3.8, 4) is 11.6 Å². The van der Waals surface area contributed by atoms with Gasteiger partial charge in [0.1, 0.15) is 5.75 Å². The summed E-state index contributed by atoms with van der Waals surface area (Å²) in [4.78, 5) is 3.86. The van der Waals surface area contributed by atoms with Gasteiger partial charge in [0.25, 0.3) is 5.88 Å².